The molecule has 3 aromatic rings. The molecule has 1 aliphatic rings. The highest BCUT2D eigenvalue weighted by Crippen LogP contribution is 2.34. The Morgan fingerprint density at radius 1 is 1.30 bits per heavy atom. The minimum atomic E-state index is -4.52. The minimum Gasteiger partial charge on any atom is -0.364 e. The van der Waals surface area contributed by atoms with Gasteiger partial charge in [-0.3, -0.25) is 14.3 Å². The van der Waals surface area contributed by atoms with Crippen LogP contribution in [-0.4, -0.2) is 31.8 Å². The summed E-state index contributed by atoms with van der Waals surface area (Å²) in [5, 5.41) is 8.35. The molecule has 1 aliphatic heterocycles. The molecule has 0 saturated carbocycles. The van der Waals surface area contributed by atoms with E-state index in [4.69, 9.17) is 17.3 Å². The zero-order valence-electron chi connectivity index (χ0n) is 16.7. The van der Waals surface area contributed by atoms with E-state index in [1.54, 1.807) is 4.90 Å². The molecule has 174 valence electrons. The number of nitrogens with two attached hydrogens (primary N) is 1. The normalized spacial score (nSPS) is 14.2. The zero-order valence-corrected chi connectivity index (χ0v) is 20.6. The summed E-state index contributed by atoms with van der Waals surface area (Å²) in [5.41, 5.74) is 5.85. The standard InChI is InChI=1S/C19H16ClF3IN6O2P/c20-15-14(7-26-30(33-24)18(15)32)28-6-5-13-11(9-28)16(17(25)31)27-29(13)8-10-3-1-2-4-12(10)19(21,22)23/h1-4,7,33H,5-6,8-9H2,(H2,25,31). The molecule has 14 heteroatoms. The van der Waals surface area contributed by atoms with Gasteiger partial charge in [-0.1, -0.05) is 29.8 Å². The number of hydrogen-bond acceptors (Lipinski definition) is 5. The molecule has 1 aromatic carbocycles. The van der Waals surface area contributed by atoms with Gasteiger partial charge in [-0.2, -0.15) is 23.4 Å². The summed E-state index contributed by atoms with van der Waals surface area (Å²) in [7, 11) is 0. The van der Waals surface area contributed by atoms with Crippen LogP contribution < -0.4 is 16.2 Å². The first-order chi connectivity index (χ1) is 15.6. The van der Waals surface area contributed by atoms with Crippen molar-refractivity contribution in [2.45, 2.75) is 25.7 Å². The van der Waals surface area contributed by atoms with Gasteiger partial charge in [0, 0.05) is 30.8 Å². The van der Waals surface area contributed by atoms with Crippen molar-refractivity contribution in [3.05, 3.63) is 73.9 Å². The van der Waals surface area contributed by atoms with Gasteiger partial charge in [0.15, 0.2) is 5.69 Å². The fourth-order valence-corrected chi connectivity index (χ4v) is 5.47. The highest BCUT2D eigenvalue weighted by atomic mass is 127. The highest BCUT2D eigenvalue weighted by Gasteiger charge is 2.34. The number of alkyl halides is 3. The average Bonchev–Trinajstić information content (AvgIpc) is 3.13. The monoisotopic (exact) mass is 610 g/mol. The van der Waals surface area contributed by atoms with E-state index in [1.165, 1.54) is 33.5 Å². The fraction of sp³-hybridized carbons (Fsp3) is 0.263. The van der Waals surface area contributed by atoms with Gasteiger partial charge in [-0.25, -0.2) is 4.45 Å². The zero-order chi connectivity index (χ0) is 23.9. The first-order valence-electron chi connectivity index (χ1n) is 9.54. The molecule has 8 nitrogen and oxygen atoms in total. The molecule has 0 fully saturated rings. The van der Waals surface area contributed by atoms with Crippen molar-refractivity contribution in [2.75, 3.05) is 11.4 Å². The number of halogens is 5. The van der Waals surface area contributed by atoms with E-state index in [0.29, 0.717) is 29.9 Å². The van der Waals surface area contributed by atoms with Crippen LogP contribution in [0, 0.1) is 0 Å². The summed E-state index contributed by atoms with van der Waals surface area (Å²) >= 11 is 8.30. The van der Waals surface area contributed by atoms with Gasteiger partial charge in [-0.15, -0.1) is 0 Å². The van der Waals surface area contributed by atoms with E-state index in [-0.39, 0.29) is 35.7 Å². The second-order valence-corrected chi connectivity index (χ2v) is 9.69. The van der Waals surface area contributed by atoms with Crippen LogP contribution in [0.4, 0.5) is 18.9 Å². The van der Waals surface area contributed by atoms with E-state index in [9.17, 15) is 22.8 Å². The number of carbonyl (C=O) groups is 1. The lowest BCUT2D eigenvalue weighted by molar-refractivity contribution is -0.138. The molecule has 2 N–H and O–H groups in total. The Labute approximate surface area is 205 Å². The van der Waals surface area contributed by atoms with E-state index < -0.39 is 23.2 Å². The Balaban J connectivity index is 1.72. The Morgan fingerprint density at radius 3 is 2.70 bits per heavy atom. The van der Waals surface area contributed by atoms with Gasteiger partial charge in [-0.05, 0) is 33.7 Å². The molecule has 4 rings (SSSR count). The van der Waals surface area contributed by atoms with Crippen molar-refractivity contribution in [3.8, 4) is 0 Å². The average molecular weight is 611 g/mol. The molecule has 0 radical (unpaired) electrons. The second-order valence-electron chi connectivity index (χ2n) is 7.27. The summed E-state index contributed by atoms with van der Waals surface area (Å²) in [5.74, 6) is -0.790. The molecule has 3 heterocycles. The molecular formula is C19H16ClF3IN6O2P. The van der Waals surface area contributed by atoms with Gasteiger partial charge in [0.05, 0.1) is 30.4 Å². The third-order valence-electron chi connectivity index (χ3n) is 5.33. The Hall–Kier alpha value is -2.18. The molecule has 1 amide bonds. The number of fused-ring (bicyclic) bond motifs is 1. The molecule has 0 aliphatic carbocycles. The molecule has 0 saturated heterocycles. The van der Waals surface area contributed by atoms with Crippen molar-refractivity contribution < 1.29 is 18.0 Å². The Morgan fingerprint density at radius 2 is 2.03 bits per heavy atom. The number of aromatic nitrogens is 4. The summed E-state index contributed by atoms with van der Waals surface area (Å²) in [6.45, 7) is 0.390. The highest BCUT2D eigenvalue weighted by molar-refractivity contribution is 14.2. The van der Waals surface area contributed by atoms with Crippen LogP contribution in [0.5, 0.6) is 0 Å². The van der Waals surface area contributed by atoms with Crippen molar-refractivity contribution >= 4 is 51.6 Å². The van der Waals surface area contributed by atoms with Crippen LogP contribution in [-0.2, 0) is 25.7 Å². The molecule has 0 spiro atoms. The van der Waals surface area contributed by atoms with E-state index in [0.717, 1.165) is 6.07 Å². The van der Waals surface area contributed by atoms with E-state index in [2.05, 4.69) is 10.2 Å². The lowest BCUT2D eigenvalue weighted by atomic mass is 10.0. The van der Waals surface area contributed by atoms with Crippen LogP contribution in [0.25, 0.3) is 0 Å². The fourth-order valence-electron chi connectivity index (χ4n) is 3.83. The lowest BCUT2D eigenvalue weighted by Crippen LogP contribution is -2.34. The van der Waals surface area contributed by atoms with Crippen LogP contribution in [0.15, 0.2) is 35.3 Å². The maximum Gasteiger partial charge on any atom is 0.416 e. The molecule has 0 bridgehead atoms. The third kappa shape index (κ3) is 4.60. The van der Waals surface area contributed by atoms with Crippen molar-refractivity contribution in [1.82, 2.24) is 19.3 Å². The van der Waals surface area contributed by atoms with Crippen LogP contribution >= 0.6 is 40.0 Å². The van der Waals surface area contributed by atoms with E-state index >= 15 is 0 Å². The summed E-state index contributed by atoms with van der Waals surface area (Å²) in [6.07, 6.45) is -2.59. The predicted octanol–water partition coefficient (Wildman–Crippen LogP) is 3.61. The van der Waals surface area contributed by atoms with Crippen molar-refractivity contribution in [3.63, 3.8) is 0 Å². The lowest BCUT2D eigenvalue weighted by Gasteiger charge is -2.30. The quantitative estimate of drug-likeness (QED) is 0.352. The summed E-state index contributed by atoms with van der Waals surface area (Å²) in [4.78, 5) is 26.2. The summed E-state index contributed by atoms with van der Waals surface area (Å²) < 4.78 is 42.9. The number of amides is 1. The minimum absolute atomic E-state index is 0.00439. The SMILES string of the molecule is NC(=O)c1nn(Cc2ccccc2C(F)(F)F)c2c1CN(c1cnn(PI)c(=O)c1Cl)CC2. The number of primary amides is 1. The van der Waals surface area contributed by atoms with Gasteiger partial charge < -0.3 is 10.6 Å². The molecule has 1 atom stereocenters. The van der Waals surface area contributed by atoms with Gasteiger partial charge in [0.25, 0.3) is 11.5 Å². The third-order valence-corrected chi connectivity index (χ3v) is 7.54. The number of hydrogen-bond donors (Lipinski definition) is 1. The number of anilines is 1. The molecular weight excluding hydrogens is 595 g/mol. The Bertz CT molecular complexity index is 1300. The van der Waals surface area contributed by atoms with Gasteiger partial charge in [0.2, 0.25) is 0 Å². The maximum absolute atomic E-state index is 13.4. The van der Waals surface area contributed by atoms with Crippen LogP contribution in [0.1, 0.15) is 32.9 Å². The number of rotatable bonds is 5. The summed E-state index contributed by atoms with van der Waals surface area (Å²) in [6, 6.07) is 5.23. The number of carbonyl (C=O) groups excluding carboxylic acids is 1. The number of benzene rings is 1. The molecule has 33 heavy (non-hydrogen) atoms. The van der Waals surface area contributed by atoms with E-state index in [1.807, 2.05) is 22.0 Å². The van der Waals surface area contributed by atoms with Gasteiger partial charge >= 0.3 is 6.18 Å². The largest absolute Gasteiger partial charge is 0.416 e. The first-order valence-corrected chi connectivity index (χ1v) is 14.0. The number of nitrogens with zero attached hydrogens (tertiary/aromatic N) is 5. The van der Waals surface area contributed by atoms with Gasteiger partial charge in [0.1, 0.15) is 5.02 Å². The first kappa shape index (κ1) is 24.0. The van der Waals surface area contributed by atoms with Crippen molar-refractivity contribution in [1.29, 1.82) is 0 Å². The maximum atomic E-state index is 13.4. The predicted molar refractivity (Wildman–Crippen MR) is 127 cm³/mol. The smallest absolute Gasteiger partial charge is 0.364 e. The van der Waals surface area contributed by atoms with Crippen LogP contribution in [0.3, 0.4) is 0 Å². The van der Waals surface area contributed by atoms with Crippen LogP contribution in [0.2, 0.25) is 5.02 Å². The topological polar surface area (TPSA) is 99.0 Å². The Kier molecular flexibility index (Phi) is 6.70. The van der Waals surface area contributed by atoms with Crippen molar-refractivity contribution in [2.24, 2.45) is 5.73 Å². The second kappa shape index (κ2) is 9.22. The molecule has 2 aromatic heterocycles. The molecule has 1 unspecified atom stereocenters.